The molecule has 0 bridgehead atoms. The number of rotatable bonds is 3. The van der Waals surface area contributed by atoms with Crippen LogP contribution in [0, 0.1) is 0 Å². The van der Waals surface area contributed by atoms with Crippen molar-refractivity contribution in [1.82, 2.24) is 9.80 Å². The lowest BCUT2D eigenvalue weighted by molar-refractivity contribution is -0.132. The summed E-state index contributed by atoms with van der Waals surface area (Å²) < 4.78 is 4.67. The third-order valence-corrected chi connectivity index (χ3v) is 3.73. The zero-order valence-corrected chi connectivity index (χ0v) is 12.2. The molecule has 1 aromatic rings. The highest BCUT2D eigenvalue weighted by atomic mass is 16.5. The zero-order valence-electron chi connectivity index (χ0n) is 12.2. The van der Waals surface area contributed by atoms with Crippen LogP contribution in [0.2, 0.25) is 0 Å². The van der Waals surface area contributed by atoms with E-state index in [-0.39, 0.29) is 12.0 Å². The van der Waals surface area contributed by atoms with E-state index in [9.17, 15) is 9.59 Å². The van der Waals surface area contributed by atoms with Gasteiger partial charge in [0.05, 0.1) is 7.11 Å². The fraction of sp³-hybridized carbons (Fsp3) is 0.467. The SMILES string of the molecule is COC(=O)N1CCN(C(=O)CCc2ccccc2N)CC1. The van der Waals surface area contributed by atoms with Gasteiger partial charge in [-0.1, -0.05) is 18.2 Å². The van der Waals surface area contributed by atoms with Gasteiger partial charge in [-0.25, -0.2) is 4.79 Å². The Bertz CT molecular complexity index is 511. The topological polar surface area (TPSA) is 75.9 Å². The van der Waals surface area contributed by atoms with Gasteiger partial charge in [0.15, 0.2) is 0 Å². The lowest BCUT2D eigenvalue weighted by atomic mass is 10.1. The second kappa shape index (κ2) is 6.97. The summed E-state index contributed by atoms with van der Waals surface area (Å²) in [6.45, 7) is 2.15. The van der Waals surface area contributed by atoms with Crippen LogP contribution in [0.15, 0.2) is 24.3 Å². The van der Waals surface area contributed by atoms with Crippen LogP contribution in [0.1, 0.15) is 12.0 Å². The summed E-state index contributed by atoms with van der Waals surface area (Å²) in [5.74, 6) is 0.0998. The summed E-state index contributed by atoms with van der Waals surface area (Å²) in [7, 11) is 1.37. The monoisotopic (exact) mass is 291 g/mol. The van der Waals surface area contributed by atoms with Gasteiger partial charge in [-0.2, -0.15) is 0 Å². The maximum Gasteiger partial charge on any atom is 0.409 e. The molecule has 2 N–H and O–H groups in total. The molecule has 1 heterocycles. The lowest BCUT2D eigenvalue weighted by Crippen LogP contribution is -2.50. The second-order valence-electron chi connectivity index (χ2n) is 5.04. The van der Waals surface area contributed by atoms with Crippen LogP contribution in [0.25, 0.3) is 0 Å². The summed E-state index contributed by atoms with van der Waals surface area (Å²) in [4.78, 5) is 27.0. The van der Waals surface area contributed by atoms with E-state index in [0.29, 0.717) is 39.0 Å². The Hall–Kier alpha value is -2.24. The molecule has 6 heteroatoms. The number of hydrogen-bond acceptors (Lipinski definition) is 4. The molecule has 6 nitrogen and oxygen atoms in total. The highest BCUT2D eigenvalue weighted by Crippen LogP contribution is 2.14. The standard InChI is InChI=1S/C15H21N3O3/c1-21-15(20)18-10-8-17(9-11-18)14(19)7-6-12-4-2-3-5-13(12)16/h2-5H,6-11,16H2,1H3. The number of nitrogens with two attached hydrogens (primary N) is 1. The van der Waals surface area contributed by atoms with Gasteiger partial charge in [0.25, 0.3) is 0 Å². The number of hydrogen-bond donors (Lipinski definition) is 1. The van der Waals surface area contributed by atoms with E-state index >= 15 is 0 Å². The minimum atomic E-state index is -0.334. The van der Waals surface area contributed by atoms with Crippen LogP contribution in [0.5, 0.6) is 0 Å². The first-order valence-corrected chi connectivity index (χ1v) is 7.06. The van der Waals surface area contributed by atoms with Crippen molar-refractivity contribution in [3.05, 3.63) is 29.8 Å². The molecule has 0 saturated carbocycles. The van der Waals surface area contributed by atoms with E-state index in [1.54, 1.807) is 9.80 Å². The molecule has 1 fully saturated rings. The molecule has 2 amide bonds. The minimum absolute atomic E-state index is 0.0998. The molecule has 1 aliphatic heterocycles. The molecule has 21 heavy (non-hydrogen) atoms. The Morgan fingerprint density at radius 3 is 2.38 bits per heavy atom. The van der Waals surface area contributed by atoms with Crippen LogP contribution in [0.4, 0.5) is 10.5 Å². The number of anilines is 1. The van der Waals surface area contributed by atoms with E-state index in [1.807, 2.05) is 24.3 Å². The molecule has 0 radical (unpaired) electrons. The normalized spacial score (nSPS) is 14.9. The Kier molecular flexibility index (Phi) is 5.03. The number of benzene rings is 1. The number of carbonyl (C=O) groups is 2. The molecule has 0 aliphatic carbocycles. The van der Waals surface area contributed by atoms with Crippen molar-refractivity contribution in [2.24, 2.45) is 0 Å². The Labute approximate surface area is 124 Å². The van der Waals surface area contributed by atoms with Gasteiger partial charge in [0.2, 0.25) is 5.91 Å². The Morgan fingerprint density at radius 2 is 1.76 bits per heavy atom. The molecule has 2 rings (SSSR count). The molecule has 0 atom stereocenters. The van der Waals surface area contributed by atoms with Crippen LogP contribution in [0.3, 0.4) is 0 Å². The van der Waals surface area contributed by atoms with Gasteiger partial charge in [-0.15, -0.1) is 0 Å². The minimum Gasteiger partial charge on any atom is -0.453 e. The smallest absolute Gasteiger partial charge is 0.409 e. The summed E-state index contributed by atoms with van der Waals surface area (Å²) in [6, 6.07) is 7.59. The van der Waals surface area contributed by atoms with E-state index in [2.05, 4.69) is 4.74 Å². The quantitative estimate of drug-likeness (QED) is 0.847. The highest BCUT2D eigenvalue weighted by Gasteiger charge is 2.24. The van der Waals surface area contributed by atoms with E-state index < -0.39 is 0 Å². The number of piperazine rings is 1. The maximum absolute atomic E-state index is 12.2. The molecule has 1 saturated heterocycles. The van der Waals surface area contributed by atoms with Crippen molar-refractivity contribution in [1.29, 1.82) is 0 Å². The Morgan fingerprint density at radius 1 is 1.14 bits per heavy atom. The molecule has 0 aromatic heterocycles. The van der Waals surface area contributed by atoms with E-state index in [4.69, 9.17) is 5.73 Å². The number of amides is 2. The average molecular weight is 291 g/mol. The van der Waals surface area contributed by atoms with Crippen molar-refractivity contribution in [3.63, 3.8) is 0 Å². The zero-order chi connectivity index (χ0) is 15.2. The number of nitrogens with zero attached hydrogens (tertiary/aromatic N) is 2. The number of aryl methyl sites for hydroxylation is 1. The van der Waals surface area contributed by atoms with E-state index in [0.717, 1.165) is 11.3 Å². The summed E-state index contributed by atoms with van der Waals surface area (Å²) >= 11 is 0. The molecule has 1 aliphatic rings. The fourth-order valence-corrected chi connectivity index (χ4v) is 2.43. The number of methoxy groups -OCH3 is 1. The summed E-state index contributed by atoms with van der Waals surface area (Å²) in [5, 5.41) is 0. The van der Waals surface area contributed by atoms with Crippen molar-refractivity contribution in [2.75, 3.05) is 39.0 Å². The average Bonchev–Trinajstić information content (AvgIpc) is 2.53. The highest BCUT2D eigenvalue weighted by molar-refractivity contribution is 5.77. The van der Waals surface area contributed by atoms with E-state index in [1.165, 1.54) is 7.11 Å². The summed E-state index contributed by atoms with van der Waals surface area (Å²) in [5.41, 5.74) is 7.59. The van der Waals surface area contributed by atoms with Gasteiger partial charge < -0.3 is 20.3 Å². The first kappa shape index (κ1) is 15.2. The van der Waals surface area contributed by atoms with Crippen molar-refractivity contribution >= 4 is 17.7 Å². The third kappa shape index (κ3) is 3.87. The molecular weight excluding hydrogens is 270 g/mol. The predicted molar refractivity (Wildman–Crippen MR) is 79.7 cm³/mol. The Balaban J connectivity index is 1.80. The maximum atomic E-state index is 12.2. The molecule has 1 aromatic carbocycles. The van der Waals surface area contributed by atoms with Gasteiger partial charge in [0.1, 0.15) is 0 Å². The van der Waals surface area contributed by atoms with Crippen LogP contribution >= 0.6 is 0 Å². The molecule has 0 spiro atoms. The van der Waals surface area contributed by atoms with Crippen molar-refractivity contribution in [3.8, 4) is 0 Å². The number of para-hydroxylation sites is 1. The van der Waals surface area contributed by atoms with Crippen LogP contribution in [-0.4, -0.2) is 55.1 Å². The summed E-state index contributed by atoms with van der Waals surface area (Å²) in [6.07, 6.45) is 0.744. The fourth-order valence-electron chi connectivity index (χ4n) is 2.43. The third-order valence-electron chi connectivity index (χ3n) is 3.73. The first-order valence-electron chi connectivity index (χ1n) is 7.06. The van der Waals surface area contributed by atoms with Crippen molar-refractivity contribution < 1.29 is 14.3 Å². The number of nitrogen functional groups attached to an aromatic ring is 1. The lowest BCUT2D eigenvalue weighted by Gasteiger charge is -2.33. The largest absolute Gasteiger partial charge is 0.453 e. The number of carbonyl (C=O) groups excluding carboxylic acids is 2. The van der Waals surface area contributed by atoms with Crippen LogP contribution < -0.4 is 5.73 Å². The van der Waals surface area contributed by atoms with Gasteiger partial charge in [0, 0.05) is 38.3 Å². The van der Waals surface area contributed by atoms with Gasteiger partial charge in [-0.3, -0.25) is 4.79 Å². The second-order valence-corrected chi connectivity index (χ2v) is 5.04. The van der Waals surface area contributed by atoms with Crippen LogP contribution in [-0.2, 0) is 16.0 Å². The number of ether oxygens (including phenoxy) is 1. The predicted octanol–water partition coefficient (Wildman–Crippen LogP) is 1.11. The van der Waals surface area contributed by atoms with Crippen molar-refractivity contribution in [2.45, 2.75) is 12.8 Å². The van der Waals surface area contributed by atoms with Gasteiger partial charge in [-0.05, 0) is 18.1 Å². The first-order chi connectivity index (χ1) is 10.1. The van der Waals surface area contributed by atoms with Gasteiger partial charge >= 0.3 is 6.09 Å². The molecule has 114 valence electrons. The molecular formula is C15H21N3O3. The molecule has 0 unspecified atom stereocenters.